The molecule has 2 heterocycles. The third kappa shape index (κ3) is 6.40. The minimum Gasteiger partial charge on any atom is -0.379 e. The second-order valence-corrected chi connectivity index (χ2v) is 8.25. The monoisotopic (exact) mass is 537 g/mol. The molecular formula is C21H34F2IN5O. The van der Waals surface area contributed by atoms with Gasteiger partial charge in [0.2, 0.25) is 0 Å². The topological polar surface area (TPSA) is 52.1 Å². The molecule has 0 aromatic heterocycles. The first kappa shape index (κ1) is 25.1. The first-order chi connectivity index (χ1) is 13.9. The third-order valence-corrected chi connectivity index (χ3v) is 5.62. The number of para-hydroxylation sites is 1. The summed E-state index contributed by atoms with van der Waals surface area (Å²) in [5, 5.41) is 6.73. The SMILES string of the molecule is CCNC(=NCC(C)(C)N1CCOCC1)NC1CCN(c2c(F)cccc2F)C1.I. The first-order valence-electron chi connectivity index (χ1n) is 10.5. The predicted molar refractivity (Wildman–Crippen MR) is 128 cm³/mol. The summed E-state index contributed by atoms with van der Waals surface area (Å²) < 4.78 is 33.6. The van der Waals surface area contributed by atoms with Crippen LogP contribution >= 0.6 is 24.0 Å². The molecule has 0 saturated carbocycles. The summed E-state index contributed by atoms with van der Waals surface area (Å²) in [6.07, 6.45) is 0.797. The minimum absolute atomic E-state index is 0. The molecule has 30 heavy (non-hydrogen) atoms. The Morgan fingerprint density at radius 2 is 1.87 bits per heavy atom. The number of nitrogens with one attached hydrogen (secondary N) is 2. The highest BCUT2D eigenvalue weighted by atomic mass is 127. The molecule has 9 heteroatoms. The maximum Gasteiger partial charge on any atom is 0.191 e. The summed E-state index contributed by atoms with van der Waals surface area (Å²) in [6, 6.07) is 4.08. The number of guanidine groups is 1. The van der Waals surface area contributed by atoms with Crippen LogP contribution in [0, 0.1) is 11.6 Å². The van der Waals surface area contributed by atoms with Gasteiger partial charge in [0.05, 0.1) is 19.8 Å². The van der Waals surface area contributed by atoms with Gasteiger partial charge in [-0.15, -0.1) is 24.0 Å². The van der Waals surface area contributed by atoms with E-state index >= 15 is 0 Å². The zero-order valence-corrected chi connectivity index (χ0v) is 20.4. The van der Waals surface area contributed by atoms with Crippen LogP contribution in [0.2, 0.25) is 0 Å². The van der Waals surface area contributed by atoms with E-state index in [0.29, 0.717) is 19.6 Å². The van der Waals surface area contributed by atoms with Crippen LogP contribution in [0.25, 0.3) is 0 Å². The van der Waals surface area contributed by atoms with Crippen molar-refractivity contribution in [3.63, 3.8) is 0 Å². The standard InChI is InChI=1S/C21H33F2N5O.HI/c1-4-24-20(25-15-21(2,3)28-10-12-29-13-11-28)26-16-8-9-27(14-16)19-17(22)6-5-7-18(19)23;/h5-7,16H,4,8-15H2,1-3H3,(H2,24,25,26);1H. The molecular weight excluding hydrogens is 503 g/mol. The van der Waals surface area contributed by atoms with Crippen molar-refractivity contribution < 1.29 is 13.5 Å². The normalized spacial score (nSPS) is 20.8. The van der Waals surface area contributed by atoms with Crippen molar-refractivity contribution in [2.75, 3.05) is 57.4 Å². The summed E-state index contributed by atoms with van der Waals surface area (Å²) in [5.41, 5.74) is -0.00313. The number of nitrogens with zero attached hydrogens (tertiary/aromatic N) is 3. The van der Waals surface area contributed by atoms with Crippen LogP contribution in [-0.4, -0.2) is 74.9 Å². The lowest BCUT2D eigenvalue weighted by Crippen LogP contribution is -2.52. The van der Waals surface area contributed by atoms with Gasteiger partial charge in [0, 0.05) is 44.3 Å². The summed E-state index contributed by atoms with van der Waals surface area (Å²) in [5.74, 6) is -0.286. The molecule has 2 aliphatic rings. The van der Waals surface area contributed by atoms with E-state index in [9.17, 15) is 8.78 Å². The van der Waals surface area contributed by atoms with Gasteiger partial charge in [-0.3, -0.25) is 9.89 Å². The van der Waals surface area contributed by atoms with Gasteiger partial charge in [0.15, 0.2) is 5.96 Å². The first-order valence-corrected chi connectivity index (χ1v) is 10.5. The Kier molecular flexibility index (Phi) is 9.55. The van der Waals surface area contributed by atoms with E-state index in [1.807, 2.05) is 6.92 Å². The van der Waals surface area contributed by atoms with Gasteiger partial charge in [-0.05, 0) is 39.3 Å². The highest BCUT2D eigenvalue weighted by Gasteiger charge is 2.29. The molecule has 1 unspecified atom stereocenters. The third-order valence-electron chi connectivity index (χ3n) is 5.62. The number of hydrogen-bond donors (Lipinski definition) is 2. The van der Waals surface area contributed by atoms with E-state index in [1.165, 1.54) is 18.2 Å². The van der Waals surface area contributed by atoms with Gasteiger partial charge in [0.1, 0.15) is 17.3 Å². The second kappa shape index (κ2) is 11.4. The van der Waals surface area contributed by atoms with Crippen LogP contribution in [0.5, 0.6) is 0 Å². The van der Waals surface area contributed by atoms with Crippen molar-refractivity contribution in [2.24, 2.45) is 4.99 Å². The fourth-order valence-corrected chi connectivity index (χ4v) is 3.93. The average Bonchev–Trinajstić information content (AvgIpc) is 3.15. The van der Waals surface area contributed by atoms with Crippen LogP contribution in [-0.2, 0) is 4.74 Å². The number of ether oxygens (including phenoxy) is 1. The van der Waals surface area contributed by atoms with Crippen molar-refractivity contribution in [1.29, 1.82) is 0 Å². The van der Waals surface area contributed by atoms with Crippen molar-refractivity contribution in [3.05, 3.63) is 29.8 Å². The Morgan fingerprint density at radius 1 is 1.20 bits per heavy atom. The molecule has 2 saturated heterocycles. The summed E-state index contributed by atoms with van der Waals surface area (Å²) >= 11 is 0. The maximum absolute atomic E-state index is 14.1. The summed E-state index contributed by atoms with van der Waals surface area (Å²) in [7, 11) is 0. The van der Waals surface area contributed by atoms with Crippen LogP contribution in [0.4, 0.5) is 14.5 Å². The Bertz CT molecular complexity index is 692. The van der Waals surface area contributed by atoms with Crippen molar-refractivity contribution in [2.45, 2.75) is 38.8 Å². The summed E-state index contributed by atoms with van der Waals surface area (Å²) in [4.78, 5) is 8.97. The lowest BCUT2D eigenvalue weighted by atomic mass is 10.0. The Balaban J connectivity index is 0.00000320. The molecule has 1 atom stereocenters. The molecule has 0 aliphatic carbocycles. The number of rotatable bonds is 6. The van der Waals surface area contributed by atoms with Gasteiger partial charge in [-0.2, -0.15) is 0 Å². The van der Waals surface area contributed by atoms with Gasteiger partial charge in [0.25, 0.3) is 0 Å². The number of aliphatic imine (C=N–C) groups is 1. The van der Waals surface area contributed by atoms with Crippen LogP contribution in [0.3, 0.4) is 0 Å². The quantitative estimate of drug-likeness (QED) is 0.332. The zero-order chi connectivity index (χ0) is 20.9. The van der Waals surface area contributed by atoms with Crippen molar-refractivity contribution in [1.82, 2.24) is 15.5 Å². The van der Waals surface area contributed by atoms with Gasteiger partial charge in [-0.1, -0.05) is 6.07 Å². The number of morpholine rings is 1. The highest BCUT2D eigenvalue weighted by molar-refractivity contribution is 14.0. The van der Waals surface area contributed by atoms with Gasteiger partial charge < -0.3 is 20.3 Å². The molecule has 170 valence electrons. The molecule has 0 spiro atoms. The van der Waals surface area contributed by atoms with Crippen molar-refractivity contribution >= 4 is 35.6 Å². The van der Waals surface area contributed by atoms with Crippen LogP contribution < -0.4 is 15.5 Å². The molecule has 2 aliphatic heterocycles. The maximum atomic E-state index is 14.1. The van der Waals surface area contributed by atoms with Gasteiger partial charge >= 0.3 is 0 Å². The predicted octanol–water partition coefficient (Wildman–Crippen LogP) is 2.83. The Labute approximate surface area is 195 Å². The highest BCUT2D eigenvalue weighted by Crippen LogP contribution is 2.26. The molecule has 2 N–H and O–H groups in total. The molecule has 0 amide bonds. The van der Waals surface area contributed by atoms with Crippen LogP contribution in [0.15, 0.2) is 23.2 Å². The van der Waals surface area contributed by atoms with Crippen LogP contribution in [0.1, 0.15) is 27.2 Å². The Hall–Kier alpha value is -1.20. The van der Waals surface area contributed by atoms with E-state index < -0.39 is 11.6 Å². The Morgan fingerprint density at radius 3 is 2.50 bits per heavy atom. The van der Waals surface area contributed by atoms with E-state index in [-0.39, 0.29) is 41.2 Å². The van der Waals surface area contributed by atoms with Gasteiger partial charge in [-0.25, -0.2) is 8.78 Å². The molecule has 0 radical (unpaired) electrons. The van der Waals surface area contributed by atoms with Crippen molar-refractivity contribution in [3.8, 4) is 0 Å². The minimum atomic E-state index is -0.515. The number of halogens is 3. The molecule has 2 fully saturated rings. The molecule has 1 aromatic rings. The van der Waals surface area contributed by atoms with E-state index in [4.69, 9.17) is 9.73 Å². The lowest BCUT2D eigenvalue weighted by molar-refractivity contribution is -0.00684. The average molecular weight is 537 g/mol. The fraction of sp³-hybridized carbons (Fsp3) is 0.667. The smallest absolute Gasteiger partial charge is 0.191 e. The molecule has 0 bridgehead atoms. The number of benzene rings is 1. The molecule has 3 rings (SSSR count). The van der Waals surface area contributed by atoms with E-state index in [0.717, 1.165) is 45.2 Å². The number of hydrogen-bond acceptors (Lipinski definition) is 4. The zero-order valence-electron chi connectivity index (χ0n) is 18.1. The van der Waals surface area contributed by atoms with E-state index in [1.54, 1.807) is 4.90 Å². The fourth-order valence-electron chi connectivity index (χ4n) is 3.93. The largest absolute Gasteiger partial charge is 0.379 e. The second-order valence-electron chi connectivity index (χ2n) is 8.25. The molecule has 1 aromatic carbocycles. The van der Waals surface area contributed by atoms with E-state index in [2.05, 4.69) is 29.4 Å². The summed E-state index contributed by atoms with van der Waals surface area (Å²) in [6.45, 7) is 12.3. The number of anilines is 1. The lowest BCUT2D eigenvalue weighted by Gasteiger charge is -2.40. The molecule has 6 nitrogen and oxygen atoms in total.